The topological polar surface area (TPSA) is 29.4 Å². The quantitative estimate of drug-likeness (QED) is 0.475. The van der Waals surface area contributed by atoms with Crippen LogP contribution in [0.2, 0.25) is 0 Å². The van der Waals surface area contributed by atoms with E-state index in [2.05, 4.69) is 4.99 Å². The van der Waals surface area contributed by atoms with Crippen LogP contribution in [0.25, 0.3) is 0 Å². The lowest BCUT2D eigenvalue weighted by atomic mass is 9.96. The molecule has 1 aliphatic heterocycles. The molecule has 0 aromatic heterocycles. The van der Waals surface area contributed by atoms with Crippen LogP contribution in [-0.2, 0) is 4.79 Å². The first kappa shape index (κ1) is 6.53. The number of rotatable bonds is 0. The van der Waals surface area contributed by atoms with Gasteiger partial charge in [-0.3, -0.25) is 9.79 Å². The molecule has 0 aromatic carbocycles. The molecule has 11 heavy (non-hydrogen) atoms. The third kappa shape index (κ3) is 1.16. The summed E-state index contributed by atoms with van der Waals surface area (Å²) in [5.41, 5.74) is 2.12. The van der Waals surface area contributed by atoms with Crippen molar-refractivity contribution in [1.29, 1.82) is 0 Å². The van der Waals surface area contributed by atoms with E-state index in [0.717, 1.165) is 30.7 Å². The van der Waals surface area contributed by atoms with Crippen LogP contribution in [0.4, 0.5) is 0 Å². The Bertz CT molecular complexity index is 284. The Balaban J connectivity index is 2.38. The van der Waals surface area contributed by atoms with Crippen LogP contribution in [0.1, 0.15) is 12.8 Å². The van der Waals surface area contributed by atoms with Gasteiger partial charge < -0.3 is 0 Å². The van der Waals surface area contributed by atoms with E-state index >= 15 is 0 Å². The molecule has 0 spiro atoms. The van der Waals surface area contributed by atoms with E-state index in [4.69, 9.17) is 0 Å². The number of hydrogen-bond donors (Lipinski definition) is 0. The van der Waals surface area contributed by atoms with Crippen molar-refractivity contribution in [3.8, 4) is 0 Å². The number of ketones is 1. The van der Waals surface area contributed by atoms with Crippen molar-refractivity contribution >= 4 is 11.5 Å². The second-order valence-electron chi connectivity index (χ2n) is 2.78. The molecule has 0 unspecified atom stereocenters. The monoisotopic (exact) mass is 147 g/mol. The average Bonchev–Trinajstić information content (AvgIpc) is 2.04. The first-order valence-corrected chi connectivity index (χ1v) is 3.84. The summed E-state index contributed by atoms with van der Waals surface area (Å²) in [6.45, 7) is 0.908. The summed E-state index contributed by atoms with van der Waals surface area (Å²) in [5.74, 6) is 0.0980. The number of carbonyl (C=O) groups is 1. The van der Waals surface area contributed by atoms with Crippen LogP contribution in [0.15, 0.2) is 28.8 Å². The van der Waals surface area contributed by atoms with Crippen LogP contribution in [0, 0.1) is 0 Å². The Labute approximate surface area is 65.3 Å². The molecular weight excluding hydrogens is 138 g/mol. The SMILES string of the molecule is O=C1C=CC2=NCCCC2=C1. The van der Waals surface area contributed by atoms with Gasteiger partial charge in [-0.05, 0) is 36.6 Å². The van der Waals surface area contributed by atoms with Crippen molar-refractivity contribution < 1.29 is 4.79 Å². The molecule has 2 rings (SSSR count). The molecule has 0 fully saturated rings. The first-order valence-electron chi connectivity index (χ1n) is 3.84. The minimum Gasteiger partial charge on any atom is -0.290 e. The van der Waals surface area contributed by atoms with E-state index in [-0.39, 0.29) is 5.78 Å². The molecule has 0 saturated carbocycles. The molecule has 56 valence electrons. The lowest BCUT2D eigenvalue weighted by Gasteiger charge is -2.14. The number of fused-ring (bicyclic) bond motifs is 1. The molecule has 0 amide bonds. The Morgan fingerprint density at radius 3 is 3.18 bits per heavy atom. The van der Waals surface area contributed by atoms with Crippen LogP contribution >= 0.6 is 0 Å². The van der Waals surface area contributed by atoms with Crippen molar-refractivity contribution in [2.24, 2.45) is 4.99 Å². The number of aliphatic imine (C=N–C) groups is 1. The first-order chi connectivity index (χ1) is 5.36. The molecule has 1 heterocycles. The van der Waals surface area contributed by atoms with Gasteiger partial charge in [0.05, 0.1) is 5.71 Å². The second-order valence-corrected chi connectivity index (χ2v) is 2.78. The summed E-state index contributed by atoms with van der Waals surface area (Å²) in [7, 11) is 0. The van der Waals surface area contributed by atoms with Gasteiger partial charge in [-0.15, -0.1) is 0 Å². The molecule has 0 bridgehead atoms. The lowest BCUT2D eigenvalue weighted by Crippen LogP contribution is -2.12. The number of nitrogens with zero attached hydrogens (tertiary/aromatic N) is 1. The average molecular weight is 147 g/mol. The van der Waals surface area contributed by atoms with Crippen molar-refractivity contribution in [3.05, 3.63) is 23.8 Å². The molecule has 1 aliphatic carbocycles. The van der Waals surface area contributed by atoms with Gasteiger partial charge in [0, 0.05) is 6.54 Å². The second kappa shape index (κ2) is 2.46. The standard InChI is InChI=1S/C9H9NO/c11-8-3-4-9-7(6-8)2-1-5-10-9/h3-4,6H,1-2,5H2. The molecule has 0 saturated heterocycles. The minimum absolute atomic E-state index is 0.0980. The fourth-order valence-electron chi connectivity index (χ4n) is 1.39. The highest BCUT2D eigenvalue weighted by Gasteiger charge is 2.13. The minimum atomic E-state index is 0.0980. The largest absolute Gasteiger partial charge is 0.290 e. The smallest absolute Gasteiger partial charge is 0.179 e. The predicted molar refractivity (Wildman–Crippen MR) is 43.8 cm³/mol. The Morgan fingerprint density at radius 2 is 2.27 bits per heavy atom. The molecule has 0 radical (unpaired) electrons. The van der Waals surface area contributed by atoms with Crippen molar-refractivity contribution in [2.75, 3.05) is 6.54 Å². The summed E-state index contributed by atoms with van der Waals surface area (Å²) in [5, 5.41) is 0. The third-order valence-corrected chi connectivity index (χ3v) is 1.94. The molecule has 0 aromatic rings. The fraction of sp³-hybridized carbons (Fsp3) is 0.333. The maximum atomic E-state index is 10.9. The maximum absolute atomic E-state index is 10.9. The van der Waals surface area contributed by atoms with Gasteiger partial charge in [-0.2, -0.15) is 0 Å². The number of allylic oxidation sites excluding steroid dienone is 4. The zero-order valence-electron chi connectivity index (χ0n) is 6.21. The Morgan fingerprint density at radius 1 is 1.36 bits per heavy atom. The van der Waals surface area contributed by atoms with E-state index in [1.807, 2.05) is 6.08 Å². The Hall–Kier alpha value is -1.18. The highest BCUT2D eigenvalue weighted by Crippen LogP contribution is 2.17. The predicted octanol–water partition coefficient (Wildman–Crippen LogP) is 1.29. The molecule has 0 N–H and O–H groups in total. The van der Waals surface area contributed by atoms with Gasteiger partial charge in [-0.25, -0.2) is 0 Å². The molecule has 2 aliphatic rings. The summed E-state index contributed by atoms with van der Waals surface area (Å²) in [4.78, 5) is 15.2. The van der Waals surface area contributed by atoms with E-state index < -0.39 is 0 Å². The van der Waals surface area contributed by atoms with E-state index in [1.54, 1.807) is 12.2 Å². The number of hydrogen-bond acceptors (Lipinski definition) is 2. The summed E-state index contributed by atoms with van der Waals surface area (Å²) < 4.78 is 0. The van der Waals surface area contributed by atoms with E-state index in [1.165, 1.54) is 0 Å². The fourth-order valence-corrected chi connectivity index (χ4v) is 1.39. The third-order valence-electron chi connectivity index (χ3n) is 1.94. The highest BCUT2D eigenvalue weighted by atomic mass is 16.1. The van der Waals surface area contributed by atoms with Gasteiger partial charge in [0.15, 0.2) is 5.78 Å². The van der Waals surface area contributed by atoms with Crippen LogP contribution in [-0.4, -0.2) is 18.0 Å². The molecule has 2 nitrogen and oxygen atoms in total. The zero-order valence-corrected chi connectivity index (χ0v) is 6.21. The summed E-state index contributed by atoms with van der Waals surface area (Å²) >= 11 is 0. The normalized spacial score (nSPS) is 22.4. The van der Waals surface area contributed by atoms with Crippen LogP contribution < -0.4 is 0 Å². The van der Waals surface area contributed by atoms with Crippen LogP contribution in [0.3, 0.4) is 0 Å². The van der Waals surface area contributed by atoms with Gasteiger partial charge in [0.25, 0.3) is 0 Å². The van der Waals surface area contributed by atoms with Gasteiger partial charge >= 0.3 is 0 Å². The van der Waals surface area contributed by atoms with E-state index in [9.17, 15) is 4.79 Å². The van der Waals surface area contributed by atoms with Crippen molar-refractivity contribution in [2.45, 2.75) is 12.8 Å². The highest BCUT2D eigenvalue weighted by molar-refractivity contribution is 6.19. The Kier molecular flexibility index (Phi) is 1.46. The van der Waals surface area contributed by atoms with Gasteiger partial charge in [-0.1, -0.05) is 0 Å². The van der Waals surface area contributed by atoms with Crippen molar-refractivity contribution in [3.63, 3.8) is 0 Å². The molecular formula is C9H9NO. The van der Waals surface area contributed by atoms with Gasteiger partial charge in [0.2, 0.25) is 0 Å². The summed E-state index contributed by atoms with van der Waals surface area (Å²) in [6.07, 6.45) is 7.17. The summed E-state index contributed by atoms with van der Waals surface area (Å²) in [6, 6.07) is 0. The molecule has 2 heteroatoms. The molecule has 0 atom stereocenters. The van der Waals surface area contributed by atoms with E-state index in [0.29, 0.717) is 0 Å². The van der Waals surface area contributed by atoms with Crippen molar-refractivity contribution in [1.82, 2.24) is 0 Å². The van der Waals surface area contributed by atoms with Crippen LogP contribution in [0.5, 0.6) is 0 Å². The lowest BCUT2D eigenvalue weighted by molar-refractivity contribution is -0.110. The number of carbonyl (C=O) groups excluding carboxylic acids is 1. The van der Waals surface area contributed by atoms with Gasteiger partial charge in [0.1, 0.15) is 0 Å². The maximum Gasteiger partial charge on any atom is 0.179 e. The zero-order chi connectivity index (χ0) is 7.68.